The van der Waals surface area contributed by atoms with Crippen LogP contribution in [-0.4, -0.2) is 32.2 Å². The Morgan fingerprint density at radius 3 is 2.71 bits per heavy atom. The van der Waals surface area contributed by atoms with Crippen LogP contribution in [0.25, 0.3) is 0 Å². The average molecular weight is 289 g/mol. The third-order valence-corrected chi connectivity index (χ3v) is 2.63. The van der Waals surface area contributed by atoms with Crippen molar-refractivity contribution in [2.75, 3.05) is 5.32 Å². The van der Waals surface area contributed by atoms with Gasteiger partial charge < -0.3 is 4.74 Å². The van der Waals surface area contributed by atoms with Crippen molar-refractivity contribution in [3.8, 4) is 5.88 Å². The minimum Gasteiger partial charge on any atom is -0.475 e. The Hall–Kier alpha value is -2.44. The van der Waals surface area contributed by atoms with Crippen LogP contribution < -0.4 is 10.1 Å². The van der Waals surface area contributed by atoms with Gasteiger partial charge in [-0.25, -0.2) is 4.98 Å². The van der Waals surface area contributed by atoms with E-state index in [1.807, 2.05) is 27.7 Å². The second kappa shape index (κ2) is 6.34. The first kappa shape index (κ1) is 15.0. The molecule has 7 nitrogen and oxygen atoms in total. The summed E-state index contributed by atoms with van der Waals surface area (Å²) < 4.78 is 5.46. The van der Waals surface area contributed by atoms with Gasteiger partial charge in [0.2, 0.25) is 11.8 Å². The lowest BCUT2D eigenvalue weighted by atomic mass is 10.2. The number of ether oxygens (including phenoxy) is 1. The molecule has 2 N–H and O–H groups in total. The Labute approximate surface area is 123 Å². The molecule has 0 aromatic carbocycles. The van der Waals surface area contributed by atoms with E-state index in [2.05, 4.69) is 25.5 Å². The Kier molecular flexibility index (Phi) is 4.52. The molecule has 0 aliphatic carbocycles. The summed E-state index contributed by atoms with van der Waals surface area (Å²) in [6.07, 6.45) is 1.53. The number of carbonyl (C=O) groups excluding carboxylic acids is 1. The van der Waals surface area contributed by atoms with Crippen molar-refractivity contribution in [1.29, 1.82) is 0 Å². The zero-order chi connectivity index (χ0) is 15.4. The predicted molar refractivity (Wildman–Crippen MR) is 78.4 cm³/mol. The highest BCUT2D eigenvalue weighted by Crippen LogP contribution is 2.14. The summed E-state index contributed by atoms with van der Waals surface area (Å²) in [6, 6.07) is 3.20. The fourth-order valence-corrected chi connectivity index (χ4v) is 1.62. The lowest BCUT2D eigenvalue weighted by molar-refractivity contribution is 0.102. The van der Waals surface area contributed by atoms with Crippen molar-refractivity contribution < 1.29 is 9.53 Å². The molecule has 2 rings (SSSR count). The number of nitrogens with zero attached hydrogens (tertiary/aromatic N) is 3. The summed E-state index contributed by atoms with van der Waals surface area (Å²) in [5, 5.41) is 9.38. The lowest BCUT2D eigenvalue weighted by Crippen LogP contribution is -2.14. The number of amides is 1. The number of pyridine rings is 1. The number of carbonyl (C=O) groups is 1. The monoisotopic (exact) mass is 289 g/mol. The number of hydrogen-bond donors (Lipinski definition) is 2. The van der Waals surface area contributed by atoms with Crippen LogP contribution in [0, 0.1) is 0 Å². The van der Waals surface area contributed by atoms with Crippen LogP contribution in [0.1, 0.15) is 49.8 Å². The molecular formula is C14H19N5O2. The maximum atomic E-state index is 12.1. The van der Waals surface area contributed by atoms with Crippen molar-refractivity contribution >= 4 is 11.9 Å². The van der Waals surface area contributed by atoms with Gasteiger partial charge in [-0.15, -0.1) is 5.10 Å². The van der Waals surface area contributed by atoms with Crippen LogP contribution in [-0.2, 0) is 0 Å². The Morgan fingerprint density at radius 2 is 2.10 bits per heavy atom. The van der Waals surface area contributed by atoms with Crippen LogP contribution in [0.2, 0.25) is 0 Å². The SMILES string of the molecule is CC(C)Oc1cc(C(=O)Nc2n[nH]c(C(C)C)n2)ccn1. The predicted octanol–water partition coefficient (Wildman–Crippen LogP) is 2.36. The Bertz CT molecular complexity index is 621. The van der Waals surface area contributed by atoms with Gasteiger partial charge in [0.15, 0.2) is 0 Å². The van der Waals surface area contributed by atoms with Gasteiger partial charge in [0, 0.05) is 23.7 Å². The van der Waals surface area contributed by atoms with Gasteiger partial charge in [-0.3, -0.25) is 15.2 Å². The van der Waals surface area contributed by atoms with Crippen molar-refractivity contribution in [2.24, 2.45) is 0 Å². The molecule has 0 fully saturated rings. The molecule has 2 aromatic heterocycles. The molecule has 0 aliphatic rings. The van der Waals surface area contributed by atoms with E-state index in [1.54, 1.807) is 12.1 Å². The summed E-state index contributed by atoms with van der Waals surface area (Å²) >= 11 is 0. The molecule has 7 heteroatoms. The third kappa shape index (κ3) is 4.01. The fraction of sp³-hybridized carbons (Fsp3) is 0.429. The van der Waals surface area contributed by atoms with Crippen LogP contribution >= 0.6 is 0 Å². The van der Waals surface area contributed by atoms with Crippen molar-refractivity contribution in [3.63, 3.8) is 0 Å². The molecule has 2 aromatic rings. The second-order valence-corrected chi connectivity index (χ2v) is 5.20. The van der Waals surface area contributed by atoms with Gasteiger partial charge in [-0.05, 0) is 19.9 Å². The summed E-state index contributed by atoms with van der Waals surface area (Å²) in [7, 11) is 0. The third-order valence-electron chi connectivity index (χ3n) is 2.63. The van der Waals surface area contributed by atoms with Gasteiger partial charge in [-0.1, -0.05) is 13.8 Å². The first-order chi connectivity index (χ1) is 9.95. The highest BCUT2D eigenvalue weighted by atomic mass is 16.5. The number of aromatic nitrogens is 4. The molecule has 0 radical (unpaired) electrons. The number of anilines is 1. The molecule has 0 saturated heterocycles. The van der Waals surface area contributed by atoms with Gasteiger partial charge >= 0.3 is 0 Å². The zero-order valence-corrected chi connectivity index (χ0v) is 12.5. The lowest BCUT2D eigenvalue weighted by Gasteiger charge is -2.09. The summed E-state index contributed by atoms with van der Waals surface area (Å²) in [6.45, 7) is 7.78. The summed E-state index contributed by atoms with van der Waals surface area (Å²) in [5.74, 6) is 1.31. The van der Waals surface area contributed by atoms with E-state index in [9.17, 15) is 4.79 Å². The number of aromatic amines is 1. The average Bonchev–Trinajstić information content (AvgIpc) is 2.87. The number of rotatable bonds is 5. The second-order valence-electron chi connectivity index (χ2n) is 5.20. The van der Waals surface area contributed by atoms with Crippen LogP contribution in [0.5, 0.6) is 5.88 Å². The van der Waals surface area contributed by atoms with Gasteiger partial charge in [0.1, 0.15) is 5.82 Å². The van der Waals surface area contributed by atoms with E-state index in [0.29, 0.717) is 11.4 Å². The topological polar surface area (TPSA) is 92.8 Å². The van der Waals surface area contributed by atoms with Crippen LogP contribution in [0.15, 0.2) is 18.3 Å². The molecule has 0 unspecified atom stereocenters. The number of H-pyrrole nitrogens is 1. The molecule has 21 heavy (non-hydrogen) atoms. The van der Waals surface area contributed by atoms with E-state index < -0.39 is 0 Å². The number of nitrogens with one attached hydrogen (secondary N) is 2. The van der Waals surface area contributed by atoms with E-state index in [4.69, 9.17) is 4.74 Å². The van der Waals surface area contributed by atoms with Crippen molar-refractivity contribution in [3.05, 3.63) is 29.7 Å². The molecule has 1 amide bonds. The molecule has 2 heterocycles. The van der Waals surface area contributed by atoms with E-state index in [-0.39, 0.29) is 23.9 Å². The Balaban J connectivity index is 2.08. The van der Waals surface area contributed by atoms with Gasteiger partial charge in [0.25, 0.3) is 5.91 Å². The highest BCUT2D eigenvalue weighted by Gasteiger charge is 2.12. The van der Waals surface area contributed by atoms with Gasteiger partial charge in [0.05, 0.1) is 6.10 Å². The molecule has 0 aliphatic heterocycles. The summed E-state index contributed by atoms with van der Waals surface area (Å²) in [4.78, 5) is 20.4. The molecule has 0 spiro atoms. The molecule has 112 valence electrons. The standard InChI is InChI=1S/C14H19N5O2/c1-8(2)12-16-14(19-18-12)17-13(20)10-5-6-15-11(7-10)21-9(3)4/h5-9H,1-4H3,(H2,16,17,18,19,20). The summed E-state index contributed by atoms with van der Waals surface area (Å²) in [5.41, 5.74) is 0.441. The van der Waals surface area contributed by atoms with Crippen molar-refractivity contribution in [2.45, 2.75) is 39.7 Å². The van der Waals surface area contributed by atoms with E-state index >= 15 is 0 Å². The Morgan fingerprint density at radius 1 is 1.33 bits per heavy atom. The molecule has 0 bridgehead atoms. The normalized spacial score (nSPS) is 11.0. The van der Waals surface area contributed by atoms with E-state index in [1.165, 1.54) is 6.20 Å². The van der Waals surface area contributed by atoms with E-state index in [0.717, 1.165) is 5.82 Å². The van der Waals surface area contributed by atoms with Crippen LogP contribution in [0.3, 0.4) is 0 Å². The zero-order valence-electron chi connectivity index (χ0n) is 12.5. The maximum absolute atomic E-state index is 12.1. The maximum Gasteiger partial charge on any atom is 0.258 e. The quantitative estimate of drug-likeness (QED) is 0.881. The van der Waals surface area contributed by atoms with Crippen LogP contribution in [0.4, 0.5) is 5.95 Å². The molecule has 0 atom stereocenters. The minimum absolute atomic E-state index is 0.00239. The number of hydrogen-bond acceptors (Lipinski definition) is 5. The largest absolute Gasteiger partial charge is 0.475 e. The minimum atomic E-state index is -0.305. The van der Waals surface area contributed by atoms with Crippen molar-refractivity contribution in [1.82, 2.24) is 20.2 Å². The first-order valence-corrected chi connectivity index (χ1v) is 6.82. The first-order valence-electron chi connectivity index (χ1n) is 6.82. The molecule has 0 saturated carbocycles. The fourth-order valence-electron chi connectivity index (χ4n) is 1.62. The highest BCUT2D eigenvalue weighted by molar-refractivity contribution is 6.03. The van der Waals surface area contributed by atoms with Gasteiger partial charge in [-0.2, -0.15) is 4.98 Å². The smallest absolute Gasteiger partial charge is 0.258 e. The molecular weight excluding hydrogens is 270 g/mol.